The number of carbonyl (C=O) groups is 2. The van der Waals surface area contributed by atoms with Crippen molar-refractivity contribution in [3.8, 4) is 0 Å². The van der Waals surface area contributed by atoms with Crippen LogP contribution in [0.5, 0.6) is 0 Å². The van der Waals surface area contributed by atoms with Crippen LogP contribution < -0.4 is 0 Å². The molecule has 0 aliphatic carbocycles. The molecule has 92 valence electrons. The van der Waals surface area contributed by atoms with E-state index in [0.717, 1.165) is 19.5 Å². The van der Waals surface area contributed by atoms with Crippen LogP contribution in [0.3, 0.4) is 0 Å². The zero-order chi connectivity index (χ0) is 12.0. The smallest absolute Gasteiger partial charge is 0.409 e. The van der Waals surface area contributed by atoms with Crippen LogP contribution in [0.1, 0.15) is 20.3 Å². The van der Waals surface area contributed by atoms with E-state index in [2.05, 4.69) is 4.90 Å². The summed E-state index contributed by atoms with van der Waals surface area (Å²) in [4.78, 5) is 26.2. The van der Waals surface area contributed by atoms with Gasteiger partial charge in [-0.05, 0) is 13.3 Å². The van der Waals surface area contributed by atoms with E-state index in [1.807, 2.05) is 6.92 Å². The molecule has 5 heteroatoms. The first-order valence-electron chi connectivity index (χ1n) is 5.77. The molecule has 0 aromatic heterocycles. The van der Waals surface area contributed by atoms with Gasteiger partial charge < -0.3 is 9.64 Å². The van der Waals surface area contributed by atoms with Crippen molar-refractivity contribution in [2.45, 2.75) is 20.3 Å². The van der Waals surface area contributed by atoms with Gasteiger partial charge in [0, 0.05) is 26.2 Å². The molecule has 1 fully saturated rings. The number of hydrogen-bond acceptors (Lipinski definition) is 4. The van der Waals surface area contributed by atoms with Crippen LogP contribution in [0.25, 0.3) is 0 Å². The Kier molecular flexibility index (Phi) is 5.25. The van der Waals surface area contributed by atoms with E-state index >= 15 is 0 Å². The molecule has 0 bridgehead atoms. The number of rotatable bonds is 4. The number of carbonyl (C=O) groups excluding carboxylic acids is 2. The van der Waals surface area contributed by atoms with Gasteiger partial charge in [0.25, 0.3) is 0 Å². The number of hydrogen-bond donors (Lipinski definition) is 0. The predicted octanol–water partition coefficient (Wildman–Crippen LogP) is 0.740. The molecular formula is C11H20N2O3. The van der Waals surface area contributed by atoms with Crippen LogP contribution in [0.15, 0.2) is 0 Å². The Morgan fingerprint density at radius 3 is 2.31 bits per heavy atom. The lowest BCUT2D eigenvalue weighted by Crippen LogP contribution is -2.49. The Morgan fingerprint density at radius 1 is 1.19 bits per heavy atom. The van der Waals surface area contributed by atoms with Gasteiger partial charge in [-0.1, -0.05) is 6.92 Å². The summed E-state index contributed by atoms with van der Waals surface area (Å²) in [6, 6.07) is 0. The number of ketones is 1. The Hall–Kier alpha value is -1.10. The highest BCUT2D eigenvalue weighted by atomic mass is 16.6. The fraction of sp³-hybridized carbons (Fsp3) is 0.818. The molecule has 0 N–H and O–H groups in total. The molecule has 1 aliphatic rings. The molecule has 0 spiro atoms. The van der Waals surface area contributed by atoms with Gasteiger partial charge in [-0.2, -0.15) is 0 Å². The average Bonchev–Trinajstić information content (AvgIpc) is 2.26. The third kappa shape index (κ3) is 4.18. The molecule has 0 atom stereocenters. The first-order chi connectivity index (χ1) is 7.63. The highest BCUT2D eigenvalue weighted by Crippen LogP contribution is 2.03. The highest BCUT2D eigenvalue weighted by molar-refractivity contribution is 5.77. The van der Waals surface area contributed by atoms with E-state index < -0.39 is 0 Å². The Labute approximate surface area is 96.3 Å². The Balaban J connectivity index is 2.25. The summed E-state index contributed by atoms with van der Waals surface area (Å²) >= 11 is 0. The molecule has 1 saturated heterocycles. The predicted molar refractivity (Wildman–Crippen MR) is 60.3 cm³/mol. The third-order valence-electron chi connectivity index (χ3n) is 2.51. The maximum atomic E-state index is 11.5. The molecule has 1 heterocycles. The summed E-state index contributed by atoms with van der Waals surface area (Å²) in [6.45, 7) is 7.32. The zero-order valence-electron chi connectivity index (χ0n) is 10.1. The van der Waals surface area contributed by atoms with Gasteiger partial charge in [-0.3, -0.25) is 9.69 Å². The fourth-order valence-corrected chi connectivity index (χ4v) is 1.68. The van der Waals surface area contributed by atoms with Crippen molar-refractivity contribution in [1.82, 2.24) is 9.80 Å². The summed E-state index contributed by atoms with van der Waals surface area (Å²) in [6.07, 6.45) is 0.611. The molecule has 5 nitrogen and oxygen atoms in total. The molecule has 0 unspecified atom stereocenters. The summed E-state index contributed by atoms with van der Waals surface area (Å²) in [7, 11) is 0. The van der Waals surface area contributed by atoms with Gasteiger partial charge in [0.15, 0.2) is 0 Å². The van der Waals surface area contributed by atoms with Gasteiger partial charge >= 0.3 is 6.09 Å². The summed E-state index contributed by atoms with van der Waals surface area (Å²) < 4.78 is 5.05. The van der Waals surface area contributed by atoms with Crippen LogP contribution in [0.4, 0.5) is 4.79 Å². The molecule has 0 radical (unpaired) electrons. The SMILES string of the molecule is CCCOC(=O)N1CCN(CC(C)=O)CC1. The van der Waals surface area contributed by atoms with Crippen molar-refractivity contribution >= 4 is 11.9 Å². The van der Waals surface area contributed by atoms with Crippen molar-refractivity contribution < 1.29 is 14.3 Å². The molecule has 0 aromatic carbocycles. The fourth-order valence-electron chi connectivity index (χ4n) is 1.68. The van der Waals surface area contributed by atoms with Crippen LogP contribution in [-0.4, -0.2) is 61.0 Å². The maximum absolute atomic E-state index is 11.5. The van der Waals surface area contributed by atoms with Gasteiger partial charge in [-0.25, -0.2) is 4.79 Å². The third-order valence-corrected chi connectivity index (χ3v) is 2.51. The number of amides is 1. The number of Topliss-reactive ketones (excluding diaryl/α,β-unsaturated/α-hetero) is 1. The molecule has 0 aromatic rings. The van der Waals surface area contributed by atoms with Crippen LogP contribution in [0, 0.1) is 0 Å². The number of ether oxygens (including phenoxy) is 1. The first-order valence-corrected chi connectivity index (χ1v) is 5.77. The van der Waals surface area contributed by atoms with E-state index in [0.29, 0.717) is 26.2 Å². The minimum atomic E-state index is -0.232. The summed E-state index contributed by atoms with van der Waals surface area (Å²) in [5.74, 6) is 0.169. The van der Waals surface area contributed by atoms with Crippen molar-refractivity contribution in [2.24, 2.45) is 0 Å². The van der Waals surface area contributed by atoms with Crippen LogP contribution in [0.2, 0.25) is 0 Å². The van der Waals surface area contributed by atoms with Crippen LogP contribution >= 0.6 is 0 Å². The van der Waals surface area contributed by atoms with Gasteiger partial charge in [0.1, 0.15) is 5.78 Å². The van der Waals surface area contributed by atoms with E-state index in [4.69, 9.17) is 4.74 Å². The van der Waals surface area contributed by atoms with Crippen molar-refractivity contribution in [3.63, 3.8) is 0 Å². The quantitative estimate of drug-likeness (QED) is 0.712. The Morgan fingerprint density at radius 2 is 1.81 bits per heavy atom. The largest absolute Gasteiger partial charge is 0.449 e. The second kappa shape index (κ2) is 6.48. The molecule has 0 saturated carbocycles. The van der Waals surface area contributed by atoms with Crippen LogP contribution in [-0.2, 0) is 9.53 Å². The van der Waals surface area contributed by atoms with Gasteiger partial charge in [-0.15, -0.1) is 0 Å². The molecule has 1 rings (SSSR count). The lowest BCUT2D eigenvalue weighted by atomic mass is 10.3. The van der Waals surface area contributed by atoms with Gasteiger partial charge in [0.2, 0.25) is 0 Å². The maximum Gasteiger partial charge on any atom is 0.409 e. The number of piperazine rings is 1. The van der Waals surface area contributed by atoms with E-state index in [-0.39, 0.29) is 11.9 Å². The minimum absolute atomic E-state index is 0.169. The Bertz CT molecular complexity index is 248. The van der Waals surface area contributed by atoms with E-state index in [1.54, 1.807) is 11.8 Å². The van der Waals surface area contributed by atoms with E-state index in [9.17, 15) is 9.59 Å². The van der Waals surface area contributed by atoms with Crippen molar-refractivity contribution in [2.75, 3.05) is 39.3 Å². The molecule has 16 heavy (non-hydrogen) atoms. The zero-order valence-corrected chi connectivity index (χ0v) is 10.1. The molecular weight excluding hydrogens is 208 g/mol. The standard InChI is InChI=1S/C11H20N2O3/c1-3-8-16-11(15)13-6-4-12(5-7-13)9-10(2)14/h3-9H2,1-2H3. The highest BCUT2D eigenvalue weighted by Gasteiger charge is 2.22. The second-order valence-corrected chi connectivity index (χ2v) is 4.08. The summed E-state index contributed by atoms with van der Waals surface area (Å²) in [5.41, 5.74) is 0. The molecule has 1 aliphatic heterocycles. The summed E-state index contributed by atoms with van der Waals surface area (Å²) in [5, 5.41) is 0. The first kappa shape index (κ1) is 13.0. The van der Waals surface area contributed by atoms with E-state index in [1.165, 1.54) is 0 Å². The lowest BCUT2D eigenvalue weighted by molar-refractivity contribution is -0.118. The topological polar surface area (TPSA) is 49.9 Å². The average molecular weight is 228 g/mol. The second-order valence-electron chi connectivity index (χ2n) is 4.08. The monoisotopic (exact) mass is 228 g/mol. The normalized spacial score (nSPS) is 17.2. The van der Waals surface area contributed by atoms with Crippen molar-refractivity contribution in [1.29, 1.82) is 0 Å². The van der Waals surface area contributed by atoms with Crippen molar-refractivity contribution in [3.05, 3.63) is 0 Å². The molecule has 1 amide bonds. The lowest BCUT2D eigenvalue weighted by Gasteiger charge is -2.33. The minimum Gasteiger partial charge on any atom is -0.449 e. The van der Waals surface area contributed by atoms with Gasteiger partial charge in [0.05, 0.1) is 13.2 Å². The number of nitrogens with zero attached hydrogens (tertiary/aromatic N) is 2.